The summed E-state index contributed by atoms with van der Waals surface area (Å²) in [5, 5.41) is 0. The summed E-state index contributed by atoms with van der Waals surface area (Å²) in [6, 6.07) is 12.4. The molecule has 0 unspecified atom stereocenters. The molecule has 6 heteroatoms. The van der Waals surface area contributed by atoms with Crippen molar-refractivity contribution in [3.05, 3.63) is 53.6 Å². The largest absolute Gasteiger partial charge is 0.493 e. The lowest BCUT2D eigenvalue weighted by atomic mass is 10.1. The van der Waals surface area contributed by atoms with E-state index in [2.05, 4.69) is 0 Å². The van der Waals surface area contributed by atoms with Crippen LogP contribution >= 0.6 is 0 Å². The predicted molar refractivity (Wildman–Crippen MR) is 89.4 cm³/mol. The Bertz CT molecular complexity index is 770. The molecule has 2 aromatic rings. The van der Waals surface area contributed by atoms with E-state index < -0.39 is 10.0 Å². The van der Waals surface area contributed by atoms with Gasteiger partial charge in [0.25, 0.3) is 0 Å². The van der Waals surface area contributed by atoms with Crippen molar-refractivity contribution >= 4 is 10.0 Å². The van der Waals surface area contributed by atoms with Crippen molar-refractivity contribution in [3.63, 3.8) is 0 Å². The molecule has 23 heavy (non-hydrogen) atoms. The lowest BCUT2D eigenvalue weighted by Gasteiger charge is -2.18. The van der Waals surface area contributed by atoms with Crippen LogP contribution in [0, 0.1) is 6.92 Å². The Morgan fingerprint density at radius 3 is 2.13 bits per heavy atom. The fraction of sp³-hybridized carbons (Fsp3) is 0.294. The monoisotopic (exact) mass is 335 g/mol. The molecule has 0 aliphatic rings. The van der Waals surface area contributed by atoms with E-state index in [1.165, 1.54) is 30.7 Å². The van der Waals surface area contributed by atoms with Gasteiger partial charge in [0.1, 0.15) is 0 Å². The summed E-state index contributed by atoms with van der Waals surface area (Å²) in [5.41, 5.74) is 2.07. The van der Waals surface area contributed by atoms with Crippen LogP contribution in [0.15, 0.2) is 47.4 Å². The van der Waals surface area contributed by atoms with Gasteiger partial charge < -0.3 is 9.47 Å². The number of methoxy groups -OCH3 is 2. The van der Waals surface area contributed by atoms with Gasteiger partial charge in [0, 0.05) is 19.7 Å². The van der Waals surface area contributed by atoms with Crippen molar-refractivity contribution in [3.8, 4) is 11.5 Å². The Hall–Kier alpha value is -2.05. The van der Waals surface area contributed by atoms with Gasteiger partial charge in [-0.1, -0.05) is 29.8 Å². The molecule has 2 aromatic carbocycles. The smallest absolute Gasteiger partial charge is 0.243 e. The molecule has 5 nitrogen and oxygen atoms in total. The highest BCUT2D eigenvalue weighted by molar-refractivity contribution is 7.89. The van der Waals surface area contributed by atoms with E-state index in [1.54, 1.807) is 13.1 Å². The van der Waals surface area contributed by atoms with Crippen LogP contribution < -0.4 is 9.47 Å². The van der Waals surface area contributed by atoms with E-state index in [0.29, 0.717) is 18.0 Å². The molecule has 0 amide bonds. The summed E-state index contributed by atoms with van der Waals surface area (Å²) < 4.78 is 37.0. The van der Waals surface area contributed by atoms with Crippen molar-refractivity contribution in [2.45, 2.75) is 18.4 Å². The first-order valence-corrected chi connectivity index (χ1v) is 8.56. The van der Waals surface area contributed by atoms with Crippen molar-refractivity contribution in [1.29, 1.82) is 0 Å². The lowest BCUT2D eigenvalue weighted by Crippen LogP contribution is -2.26. The molecule has 0 bridgehead atoms. The van der Waals surface area contributed by atoms with Crippen LogP contribution in [0.4, 0.5) is 0 Å². The number of aryl methyl sites for hydroxylation is 1. The Morgan fingerprint density at radius 2 is 1.57 bits per heavy atom. The molecular formula is C17H21NO4S. The van der Waals surface area contributed by atoms with Gasteiger partial charge in [-0.3, -0.25) is 0 Å². The molecule has 0 spiro atoms. The Kier molecular flexibility index (Phi) is 5.28. The molecule has 0 aliphatic carbocycles. The molecule has 0 fully saturated rings. The van der Waals surface area contributed by atoms with Crippen molar-refractivity contribution in [2.75, 3.05) is 21.3 Å². The minimum absolute atomic E-state index is 0.171. The number of rotatable bonds is 6. The number of benzene rings is 2. The third-order valence-electron chi connectivity index (χ3n) is 3.59. The second kappa shape index (κ2) is 7.02. The number of nitrogens with zero attached hydrogens (tertiary/aromatic N) is 1. The van der Waals surface area contributed by atoms with E-state index in [-0.39, 0.29) is 4.90 Å². The normalized spacial score (nSPS) is 11.5. The molecule has 0 saturated heterocycles. The third kappa shape index (κ3) is 3.83. The Labute approximate surface area is 137 Å². The molecule has 0 saturated carbocycles. The summed E-state index contributed by atoms with van der Waals surface area (Å²) in [5.74, 6) is 0.880. The van der Waals surface area contributed by atoms with E-state index in [4.69, 9.17) is 9.47 Å². The van der Waals surface area contributed by atoms with E-state index in [0.717, 1.165) is 11.1 Å². The second-order valence-corrected chi connectivity index (χ2v) is 7.31. The minimum Gasteiger partial charge on any atom is -0.493 e. The Morgan fingerprint density at radius 1 is 0.957 bits per heavy atom. The highest BCUT2D eigenvalue weighted by Gasteiger charge is 2.22. The average molecular weight is 335 g/mol. The topological polar surface area (TPSA) is 55.8 Å². The van der Waals surface area contributed by atoms with Crippen molar-refractivity contribution in [1.82, 2.24) is 4.31 Å². The summed E-state index contributed by atoms with van der Waals surface area (Å²) in [7, 11) is 0.940. The van der Waals surface area contributed by atoms with Gasteiger partial charge in [-0.2, -0.15) is 4.31 Å². The maximum absolute atomic E-state index is 12.7. The van der Waals surface area contributed by atoms with Crippen molar-refractivity contribution in [2.24, 2.45) is 0 Å². The highest BCUT2D eigenvalue weighted by atomic mass is 32.2. The van der Waals surface area contributed by atoms with Gasteiger partial charge in [0.05, 0.1) is 19.1 Å². The summed E-state index contributed by atoms with van der Waals surface area (Å²) in [6.45, 7) is 2.30. The molecule has 0 heterocycles. The molecule has 0 aromatic heterocycles. The molecule has 0 radical (unpaired) electrons. The van der Waals surface area contributed by atoms with Crippen LogP contribution in [0.25, 0.3) is 0 Å². The fourth-order valence-corrected chi connectivity index (χ4v) is 3.37. The predicted octanol–water partition coefficient (Wildman–Crippen LogP) is 2.83. The standard InChI is InChI=1S/C17H21NO4S/c1-13-5-7-14(8-6-13)12-18(2)23(19,20)15-9-10-16(21-3)17(11-15)22-4/h5-11H,12H2,1-4H3. The number of ether oxygens (including phenoxy) is 2. The lowest BCUT2D eigenvalue weighted by molar-refractivity contribution is 0.353. The molecular weight excluding hydrogens is 314 g/mol. The first-order chi connectivity index (χ1) is 10.9. The second-order valence-electron chi connectivity index (χ2n) is 5.26. The maximum atomic E-state index is 12.7. The van der Waals surface area contributed by atoms with Gasteiger partial charge in [-0.05, 0) is 24.6 Å². The molecule has 124 valence electrons. The van der Waals surface area contributed by atoms with Crippen LogP contribution in [0.1, 0.15) is 11.1 Å². The summed E-state index contributed by atoms with van der Waals surface area (Å²) in [6.07, 6.45) is 0. The molecule has 0 aliphatic heterocycles. The first kappa shape index (κ1) is 17.3. The van der Waals surface area contributed by atoms with Crippen LogP contribution in [0.3, 0.4) is 0 Å². The van der Waals surface area contributed by atoms with E-state index >= 15 is 0 Å². The zero-order valence-electron chi connectivity index (χ0n) is 13.7. The van der Waals surface area contributed by atoms with Gasteiger partial charge in [0.15, 0.2) is 11.5 Å². The van der Waals surface area contributed by atoms with Crippen LogP contribution in [-0.4, -0.2) is 34.0 Å². The number of hydrogen-bond donors (Lipinski definition) is 0. The summed E-state index contributed by atoms with van der Waals surface area (Å²) >= 11 is 0. The maximum Gasteiger partial charge on any atom is 0.243 e. The van der Waals surface area contributed by atoms with Crippen LogP contribution in [0.2, 0.25) is 0 Å². The number of sulfonamides is 1. The number of hydrogen-bond acceptors (Lipinski definition) is 4. The Balaban J connectivity index is 2.28. The zero-order valence-corrected chi connectivity index (χ0v) is 14.6. The third-order valence-corrected chi connectivity index (χ3v) is 5.39. The molecule has 2 rings (SSSR count). The van der Waals surface area contributed by atoms with E-state index in [1.807, 2.05) is 31.2 Å². The zero-order chi connectivity index (χ0) is 17.0. The van der Waals surface area contributed by atoms with E-state index in [9.17, 15) is 8.42 Å². The van der Waals surface area contributed by atoms with Crippen molar-refractivity contribution < 1.29 is 17.9 Å². The van der Waals surface area contributed by atoms with Gasteiger partial charge in [0.2, 0.25) is 10.0 Å². The van der Waals surface area contributed by atoms with Crippen LogP contribution in [0.5, 0.6) is 11.5 Å². The average Bonchev–Trinajstić information content (AvgIpc) is 2.56. The molecule has 0 atom stereocenters. The summed E-state index contributed by atoms with van der Waals surface area (Å²) in [4.78, 5) is 0.171. The molecule has 0 N–H and O–H groups in total. The van der Waals surface area contributed by atoms with Gasteiger partial charge in [-0.15, -0.1) is 0 Å². The highest BCUT2D eigenvalue weighted by Crippen LogP contribution is 2.30. The van der Waals surface area contributed by atoms with Gasteiger partial charge >= 0.3 is 0 Å². The van der Waals surface area contributed by atoms with Gasteiger partial charge in [-0.25, -0.2) is 8.42 Å². The fourth-order valence-electron chi connectivity index (χ4n) is 2.19. The van der Waals surface area contributed by atoms with Crippen LogP contribution in [-0.2, 0) is 16.6 Å². The SMILES string of the molecule is COc1ccc(S(=O)(=O)N(C)Cc2ccc(C)cc2)cc1OC. The first-order valence-electron chi connectivity index (χ1n) is 7.12. The minimum atomic E-state index is -3.61. The quantitative estimate of drug-likeness (QED) is 0.814.